The van der Waals surface area contributed by atoms with Crippen LogP contribution in [-0.2, 0) is 19.6 Å². The Labute approximate surface area is 184 Å². The standard InChI is InChI=1S/C24H31N5O2/c1-18-13-21(30-4)22(31-5)14-20(18)17-28(3)24(25-2)27-15-23-26-11-12-29(23)16-19-9-7-6-8-10-19/h6-14H,15-17H2,1-5H3,(H,25,27). The lowest BCUT2D eigenvalue weighted by Gasteiger charge is -2.23. The lowest BCUT2D eigenvalue weighted by atomic mass is 10.1. The zero-order valence-electron chi connectivity index (χ0n) is 18.9. The quantitative estimate of drug-likeness (QED) is 0.446. The number of aryl methyl sites for hydroxylation is 1. The largest absolute Gasteiger partial charge is 0.493 e. The summed E-state index contributed by atoms with van der Waals surface area (Å²) in [5.74, 6) is 3.21. The highest BCUT2D eigenvalue weighted by molar-refractivity contribution is 5.79. The molecule has 0 bridgehead atoms. The third-order valence-electron chi connectivity index (χ3n) is 5.23. The molecular weight excluding hydrogens is 390 g/mol. The Kier molecular flexibility index (Phi) is 7.54. The molecule has 0 fully saturated rings. The Bertz CT molecular complexity index is 1010. The van der Waals surface area contributed by atoms with Crippen molar-refractivity contribution in [3.8, 4) is 11.5 Å². The Hall–Kier alpha value is -3.48. The first kappa shape index (κ1) is 22.2. The summed E-state index contributed by atoms with van der Waals surface area (Å²) in [6, 6.07) is 14.4. The number of methoxy groups -OCH3 is 2. The van der Waals surface area contributed by atoms with E-state index in [4.69, 9.17) is 9.47 Å². The second-order valence-electron chi connectivity index (χ2n) is 7.35. The summed E-state index contributed by atoms with van der Waals surface area (Å²) in [5.41, 5.74) is 3.53. The molecule has 0 spiro atoms. The van der Waals surface area contributed by atoms with Crippen LogP contribution < -0.4 is 14.8 Å². The number of benzene rings is 2. The molecule has 1 heterocycles. The van der Waals surface area contributed by atoms with Crippen LogP contribution in [0, 0.1) is 6.92 Å². The van der Waals surface area contributed by atoms with Gasteiger partial charge in [-0.2, -0.15) is 0 Å². The van der Waals surface area contributed by atoms with Gasteiger partial charge in [-0.1, -0.05) is 30.3 Å². The fraction of sp³-hybridized carbons (Fsp3) is 0.333. The zero-order valence-corrected chi connectivity index (χ0v) is 18.9. The lowest BCUT2D eigenvalue weighted by molar-refractivity contribution is 0.353. The molecule has 0 unspecified atom stereocenters. The molecule has 1 N–H and O–H groups in total. The van der Waals surface area contributed by atoms with Gasteiger partial charge in [0.15, 0.2) is 17.5 Å². The van der Waals surface area contributed by atoms with Crippen molar-refractivity contribution in [3.05, 3.63) is 77.4 Å². The number of imidazole rings is 1. The highest BCUT2D eigenvalue weighted by Crippen LogP contribution is 2.30. The van der Waals surface area contributed by atoms with Crippen molar-refractivity contribution in [1.82, 2.24) is 19.8 Å². The van der Waals surface area contributed by atoms with Crippen LogP contribution in [0.25, 0.3) is 0 Å². The van der Waals surface area contributed by atoms with Gasteiger partial charge in [0.05, 0.1) is 20.8 Å². The predicted octanol–water partition coefficient (Wildman–Crippen LogP) is 3.46. The second kappa shape index (κ2) is 10.5. The van der Waals surface area contributed by atoms with E-state index in [-0.39, 0.29) is 0 Å². The van der Waals surface area contributed by atoms with Gasteiger partial charge < -0.3 is 24.3 Å². The van der Waals surface area contributed by atoms with Gasteiger partial charge in [-0.05, 0) is 35.7 Å². The van der Waals surface area contributed by atoms with Crippen LogP contribution in [0.1, 0.15) is 22.5 Å². The summed E-state index contributed by atoms with van der Waals surface area (Å²) in [4.78, 5) is 11.0. The Morgan fingerprint density at radius 2 is 1.84 bits per heavy atom. The molecule has 2 aromatic carbocycles. The molecule has 0 aliphatic rings. The fourth-order valence-electron chi connectivity index (χ4n) is 3.50. The van der Waals surface area contributed by atoms with Crippen LogP contribution in [0.3, 0.4) is 0 Å². The van der Waals surface area contributed by atoms with E-state index in [1.807, 2.05) is 37.6 Å². The fourth-order valence-corrected chi connectivity index (χ4v) is 3.50. The molecular formula is C24H31N5O2. The van der Waals surface area contributed by atoms with Crippen molar-refractivity contribution < 1.29 is 9.47 Å². The number of nitrogens with zero attached hydrogens (tertiary/aromatic N) is 4. The first-order chi connectivity index (χ1) is 15.0. The summed E-state index contributed by atoms with van der Waals surface area (Å²) in [6.45, 7) is 4.13. The number of guanidine groups is 1. The molecule has 0 radical (unpaired) electrons. The first-order valence-electron chi connectivity index (χ1n) is 10.2. The van der Waals surface area contributed by atoms with Gasteiger partial charge in [0.1, 0.15) is 5.82 Å². The second-order valence-corrected chi connectivity index (χ2v) is 7.35. The van der Waals surface area contributed by atoms with E-state index in [0.717, 1.165) is 41.0 Å². The average Bonchev–Trinajstić information content (AvgIpc) is 3.22. The predicted molar refractivity (Wildman–Crippen MR) is 124 cm³/mol. The SMILES string of the molecule is CN=C(NCc1nccn1Cc1ccccc1)N(C)Cc1cc(OC)c(OC)cc1C. The van der Waals surface area contributed by atoms with E-state index in [1.165, 1.54) is 5.56 Å². The molecule has 3 rings (SSSR count). The molecule has 0 saturated carbocycles. The van der Waals surface area contributed by atoms with Crippen molar-refractivity contribution >= 4 is 5.96 Å². The molecule has 164 valence electrons. The number of hydrogen-bond acceptors (Lipinski definition) is 4. The first-order valence-corrected chi connectivity index (χ1v) is 10.2. The summed E-state index contributed by atoms with van der Waals surface area (Å²) in [5, 5.41) is 3.43. The van der Waals surface area contributed by atoms with Crippen molar-refractivity contribution in [2.45, 2.75) is 26.6 Å². The van der Waals surface area contributed by atoms with Crippen LogP contribution >= 0.6 is 0 Å². The maximum Gasteiger partial charge on any atom is 0.194 e. The van der Waals surface area contributed by atoms with Crippen molar-refractivity contribution in [3.63, 3.8) is 0 Å². The molecule has 7 nitrogen and oxygen atoms in total. The van der Waals surface area contributed by atoms with E-state index in [0.29, 0.717) is 13.1 Å². The van der Waals surface area contributed by atoms with Gasteiger partial charge in [-0.25, -0.2) is 4.98 Å². The molecule has 1 aromatic heterocycles. The maximum absolute atomic E-state index is 5.46. The summed E-state index contributed by atoms with van der Waals surface area (Å²) < 4.78 is 13.0. The monoisotopic (exact) mass is 421 g/mol. The van der Waals surface area contributed by atoms with E-state index in [1.54, 1.807) is 21.3 Å². The van der Waals surface area contributed by atoms with Crippen LogP contribution in [0.2, 0.25) is 0 Å². The zero-order chi connectivity index (χ0) is 22.2. The van der Waals surface area contributed by atoms with Crippen LogP contribution in [0.4, 0.5) is 0 Å². The number of nitrogens with one attached hydrogen (secondary N) is 1. The smallest absolute Gasteiger partial charge is 0.194 e. The Balaban J connectivity index is 1.66. The Morgan fingerprint density at radius 1 is 1.13 bits per heavy atom. The number of aliphatic imine (C=N–C) groups is 1. The third kappa shape index (κ3) is 5.57. The van der Waals surface area contributed by atoms with Crippen molar-refractivity contribution in [1.29, 1.82) is 0 Å². The third-order valence-corrected chi connectivity index (χ3v) is 5.23. The molecule has 0 aliphatic heterocycles. The van der Waals surface area contributed by atoms with Crippen LogP contribution in [0.5, 0.6) is 11.5 Å². The number of aromatic nitrogens is 2. The molecule has 0 aliphatic carbocycles. The summed E-state index contributed by atoms with van der Waals surface area (Å²) in [6.07, 6.45) is 3.84. The topological polar surface area (TPSA) is 63.9 Å². The molecule has 3 aromatic rings. The van der Waals surface area contributed by atoms with Crippen LogP contribution in [-0.4, -0.2) is 48.7 Å². The minimum Gasteiger partial charge on any atom is -0.493 e. The minimum atomic E-state index is 0.585. The van der Waals surface area contributed by atoms with Gasteiger partial charge >= 0.3 is 0 Å². The van der Waals surface area contributed by atoms with E-state index >= 15 is 0 Å². The number of ether oxygens (including phenoxy) is 2. The normalized spacial score (nSPS) is 11.3. The average molecular weight is 422 g/mol. The van der Waals surface area contributed by atoms with Crippen molar-refractivity contribution in [2.75, 3.05) is 28.3 Å². The van der Waals surface area contributed by atoms with Gasteiger partial charge in [-0.15, -0.1) is 0 Å². The van der Waals surface area contributed by atoms with Crippen LogP contribution in [0.15, 0.2) is 59.9 Å². The Morgan fingerprint density at radius 3 is 2.52 bits per heavy atom. The molecule has 0 saturated heterocycles. The molecule has 0 atom stereocenters. The summed E-state index contributed by atoms with van der Waals surface area (Å²) >= 11 is 0. The lowest BCUT2D eigenvalue weighted by Crippen LogP contribution is -2.38. The minimum absolute atomic E-state index is 0.585. The molecule has 31 heavy (non-hydrogen) atoms. The number of hydrogen-bond donors (Lipinski definition) is 1. The van der Waals surface area contributed by atoms with Gasteiger partial charge in [0, 0.05) is 39.6 Å². The molecule has 7 heteroatoms. The maximum atomic E-state index is 5.46. The van der Waals surface area contributed by atoms with Crippen molar-refractivity contribution in [2.24, 2.45) is 4.99 Å². The number of rotatable bonds is 8. The molecule has 0 amide bonds. The highest BCUT2D eigenvalue weighted by Gasteiger charge is 2.13. The van der Waals surface area contributed by atoms with E-state index < -0.39 is 0 Å². The van der Waals surface area contributed by atoms with Gasteiger partial charge in [-0.3, -0.25) is 4.99 Å². The van der Waals surface area contributed by atoms with Gasteiger partial charge in [0.25, 0.3) is 0 Å². The van der Waals surface area contributed by atoms with E-state index in [9.17, 15) is 0 Å². The van der Waals surface area contributed by atoms with E-state index in [2.05, 4.69) is 55.9 Å². The highest BCUT2D eigenvalue weighted by atomic mass is 16.5. The summed E-state index contributed by atoms with van der Waals surface area (Å²) in [7, 11) is 7.11. The van der Waals surface area contributed by atoms with Gasteiger partial charge in [0.2, 0.25) is 0 Å².